The molecule has 22 heavy (non-hydrogen) atoms. The average molecular weight is 304 g/mol. The molecule has 1 fully saturated rings. The molecule has 0 aliphatic heterocycles. The van der Waals surface area contributed by atoms with Crippen molar-refractivity contribution < 1.29 is 14.7 Å². The highest BCUT2D eigenvalue weighted by Crippen LogP contribution is 2.19. The standard InChI is InChI=1S/C17H24N2O3/c1-3-17(2,10-11-20)19-16(22)13-6-4-12(5-7-13)15(21)18-14-8-9-14/h4-7,14,20H,3,8-11H2,1-2H3,(H,18,21)(H,19,22). The molecule has 0 spiro atoms. The van der Waals surface area contributed by atoms with Crippen LogP contribution in [0.5, 0.6) is 0 Å². The average Bonchev–Trinajstić information content (AvgIpc) is 3.31. The molecule has 5 nitrogen and oxygen atoms in total. The van der Waals surface area contributed by atoms with E-state index in [-0.39, 0.29) is 18.4 Å². The lowest BCUT2D eigenvalue weighted by Crippen LogP contribution is -2.46. The Morgan fingerprint density at radius 2 is 1.73 bits per heavy atom. The zero-order valence-corrected chi connectivity index (χ0v) is 13.2. The molecule has 1 aliphatic carbocycles. The Labute approximate surface area is 131 Å². The van der Waals surface area contributed by atoms with Crippen LogP contribution in [0.15, 0.2) is 24.3 Å². The number of hydrogen-bond donors (Lipinski definition) is 3. The molecule has 120 valence electrons. The summed E-state index contributed by atoms with van der Waals surface area (Å²) >= 11 is 0. The molecule has 2 amide bonds. The third kappa shape index (κ3) is 4.31. The minimum Gasteiger partial charge on any atom is -0.396 e. The van der Waals surface area contributed by atoms with E-state index in [2.05, 4.69) is 10.6 Å². The first-order valence-corrected chi connectivity index (χ1v) is 7.82. The van der Waals surface area contributed by atoms with Crippen LogP contribution in [0.2, 0.25) is 0 Å². The fourth-order valence-electron chi connectivity index (χ4n) is 2.19. The first-order chi connectivity index (χ1) is 10.5. The molecule has 2 rings (SSSR count). The third-order valence-electron chi connectivity index (χ3n) is 4.18. The Hall–Kier alpha value is -1.88. The number of carbonyl (C=O) groups excluding carboxylic acids is 2. The maximum absolute atomic E-state index is 12.3. The van der Waals surface area contributed by atoms with Crippen molar-refractivity contribution in [2.75, 3.05) is 6.61 Å². The van der Waals surface area contributed by atoms with E-state index in [9.17, 15) is 9.59 Å². The summed E-state index contributed by atoms with van der Waals surface area (Å²) in [7, 11) is 0. The topological polar surface area (TPSA) is 78.4 Å². The highest BCUT2D eigenvalue weighted by molar-refractivity contribution is 5.98. The Bertz CT molecular complexity index is 537. The Morgan fingerprint density at radius 1 is 1.18 bits per heavy atom. The van der Waals surface area contributed by atoms with E-state index in [0.717, 1.165) is 19.3 Å². The third-order valence-corrected chi connectivity index (χ3v) is 4.18. The van der Waals surface area contributed by atoms with Gasteiger partial charge in [0.1, 0.15) is 0 Å². The van der Waals surface area contributed by atoms with Gasteiger partial charge in [0.05, 0.1) is 0 Å². The Morgan fingerprint density at radius 3 is 2.18 bits per heavy atom. The van der Waals surface area contributed by atoms with Gasteiger partial charge in [0.2, 0.25) is 0 Å². The van der Waals surface area contributed by atoms with Crippen molar-refractivity contribution in [1.29, 1.82) is 0 Å². The van der Waals surface area contributed by atoms with Crippen molar-refractivity contribution in [3.63, 3.8) is 0 Å². The quantitative estimate of drug-likeness (QED) is 0.719. The highest BCUT2D eigenvalue weighted by Gasteiger charge is 2.25. The molecule has 5 heteroatoms. The fourth-order valence-corrected chi connectivity index (χ4v) is 2.19. The van der Waals surface area contributed by atoms with E-state index >= 15 is 0 Å². The second-order valence-corrected chi connectivity index (χ2v) is 6.17. The Balaban J connectivity index is 1.99. The summed E-state index contributed by atoms with van der Waals surface area (Å²) in [6.45, 7) is 3.92. The van der Waals surface area contributed by atoms with Crippen molar-refractivity contribution in [3.05, 3.63) is 35.4 Å². The van der Waals surface area contributed by atoms with Crippen LogP contribution < -0.4 is 10.6 Å². The molecule has 1 saturated carbocycles. The van der Waals surface area contributed by atoms with Crippen LogP contribution in [-0.2, 0) is 0 Å². The zero-order valence-electron chi connectivity index (χ0n) is 13.2. The molecule has 1 aromatic carbocycles. The smallest absolute Gasteiger partial charge is 0.251 e. The van der Waals surface area contributed by atoms with Crippen LogP contribution in [-0.4, -0.2) is 35.1 Å². The van der Waals surface area contributed by atoms with Gasteiger partial charge < -0.3 is 15.7 Å². The number of nitrogens with one attached hydrogen (secondary N) is 2. The summed E-state index contributed by atoms with van der Waals surface area (Å²) in [5.74, 6) is -0.278. The predicted octanol–water partition coefficient (Wildman–Crippen LogP) is 1.86. The number of benzene rings is 1. The van der Waals surface area contributed by atoms with Gasteiger partial charge in [0, 0.05) is 29.3 Å². The minimum atomic E-state index is -0.423. The molecule has 0 bridgehead atoms. The molecule has 0 radical (unpaired) electrons. The van der Waals surface area contributed by atoms with Crippen LogP contribution in [0.4, 0.5) is 0 Å². The maximum Gasteiger partial charge on any atom is 0.251 e. The van der Waals surface area contributed by atoms with Gasteiger partial charge in [-0.3, -0.25) is 9.59 Å². The van der Waals surface area contributed by atoms with E-state index in [4.69, 9.17) is 5.11 Å². The van der Waals surface area contributed by atoms with Crippen molar-refractivity contribution in [2.24, 2.45) is 0 Å². The molecule has 0 aromatic heterocycles. The molecule has 1 aromatic rings. The number of hydrogen-bond acceptors (Lipinski definition) is 3. The van der Waals surface area contributed by atoms with Crippen LogP contribution >= 0.6 is 0 Å². The summed E-state index contributed by atoms with van der Waals surface area (Å²) in [5.41, 5.74) is 0.658. The summed E-state index contributed by atoms with van der Waals surface area (Å²) in [6, 6.07) is 6.97. The zero-order chi connectivity index (χ0) is 16.2. The molecular formula is C17H24N2O3. The van der Waals surface area contributed by atoms with Gasteiger partial charge in [-0.15, -0.1) is 0 Å². The van der Waals surface area contributed by atoms with Gasteiger partial charge >= 0.3 is 0 Å². The van der Waals surface area contributed by atoms with Gasteiger partial charge in [0.15, 0.2) is 0 Å². The lowest BCUT2D eigenvalue weighted by atomic mass is 9.94. The predicted molar refractivity (Wildman–Crippen MR) is 84.8 cm³/mol. The molecule has 1 unspecified atom stereocenters. The van der Waals surface area contributed by atoms with Gasteiger partial charge in [-0.1, -0.05) is 6.92 Å². The molecule has 1 aliphatic rings. The van der Waals surface area contributed by atoms with E-state index in [1.807, 2.05) is 13.8 Å². The summed E-state index contributed by atoms with van der Waals surface area (Å²) < 4.78 is 0. The van der Waals surface area contributed by atoms with Gasteiger partial charge in [0.25, 0.3) is 11.8 Å². The van der Waals surface area contributed by atoms with Crippen molar-refractivity contribution in [3.8, 4) is 0 Å². The van der Waals surface area contributed by atoms with E-state index < -0.39 is 5.54 Å². The summed E-state index contributed by atoms with van der Waals surface area (Å²) in [4.78, 5) is 24.2. The number of rotatable bonds is 7. The van der Waals surface area contributed by atoms with E-state index in [0.29, 0.717) is 23.6 Å². The van der Waals surface area contributed by atoms with Gasteiger partial charge in [-0.2, -0.15) is 0 Å². The highest BCUT2D eigenvalue weighted by atomic mass is 16.3. The summed E-state index contributed by atoms with van der Waals surface area (Å²) in [5, 5.41) is 15.0. The van der Waals surface area contributed by atoms with Crippen LogP contribution in [0.1, 0.15) is 60.2 Å². The Kier molecular flexibility index (Phi) is 5.19. The van der Waals surface area contributed by atoms with Crippen LogP contribution in [0, 0.1) is 0 Å². The first kappa shape index (κ1) is 16.5. The molecule has 1 atom stereocenters. The molecule has 0 heterocycles. The maximum atomic E-state index is 12.3. The first-order valence-electron chi connectivity index (χ1n) is 7.82. The lowest BCUT2D eigenvalue weighted by Gasteiger charge is -2.29. The number of aliphatic hydroxyl groups excluding tert-OH is 1. The minimum absolute atomic E-state index is 0.0326. The number of carbonyl (C=O) groups is 2. The van der Waals surface area contributed by atoms with E-state index in [1.165, 1.54) is 0 Å². The normalized spacial score (nSPS) is 16.7. The van der Waals surface area contributed by atoms with Crippen LogP contribution in [0.25, 0.3) is 0 Å². The van der Waals surface area contributed by atoms with Gasteiger partial charge in [-0.25, -0.2) is 0 Å². The second-order valence-electron chi connectivity index (χ2n) is 6.17. The SMILES string of the molecule is CCC(C)(CCO)NC(=O)c1ccc(C(=O)NC2CC2)cc1. The van der Waals surface area contributed by atoms with Crippen LogP contribution in [0.3, 0.4) is 0 Å². The number of amides is 2. The van der Waals surface area contributed by atoms with Crippen molar-refractivity contribution in [1.82, 2.24) is 10.6 Å². The van der Waals surface area contributed by atoms with Crippen molar-refractivity contribution in [2.45, 2.75) is 51.1 Å². The largest absolute Gasteiger partial charge is 0.396 e. The van der Waals surface area contributed by atoms with Crippen molar-refractivity contribution >= 4 is 11.8 Å². The second kappa shape index (κ2) is 6.92. The molecule has 3 N–H and O–H groups in total. The molecule has 0 saturated heterocycles. The fraction of sp³-hybridized carbons (Fsp3) is 0.529. The van der Waals surface area contributed by atoms with Gasteiger partial charge in [-0.05, 0) is 56.9 Å². The van der Waals surface area contributed by atoms with E-state index in [1.54, 1.807) is 24.3 Å². The lowest BCUT2D eigenvalue weighted by molar-refractivity contribution is 0.0883. The summed E-state index contributed by atoms with van der Waals surface area (Å²) in [6.07, 6.45) is 3.34. The molecular weight excluding hydrogens is 280 g/mol. The number of aliphatic hydroxyl groups is 1. The monoisotopic (exact) mass is 304 g/mol.